The van der Waals surface area contributed by atoms with Gasteiger partial charge in [0.1, 0.15) is 10.6 Å². The first-order valence-electron chi connectivity index (χ1n) is 7.63. The van der Waals surface area contributed by atoms with E-state index in [2.05, 4.69) is 5.32 Å². The van der Waals surface area contributed by atoms with Gasteiger partial charge >= 0.3 is 12.1 Å². The van der Waals surface area contributed by atoms with Crippen LogP contribution in [0.5, 0.6) is 0 Å². The first kappa shape index (κ1) is 16.8. The highest BCUT2D eigenvalue weighted by molar-refractivity contribution is 7.16. The Kier molecular flexibility index (Phi) is 5.11. The van der Waals surface area contributed by atoms with Crippen LogP contribution in [-0.2, 0) is 4.74 Å². The van der Waals surface area contributed by atoms with Gasteiger partial charge in [0.05, 0.1) is 5.56 Å². The smallest absolute Gasteiger partial charge is 0.412 e. The molecule has 0 spiro atoms. The number of rotatable bonds is 3. The van der Waals surface area contributed by atoms with Crippen LogP contribution in [0.15, 0.2) is 6.07 Å². The number of ether oxygens (including phenoxy) is 1. The summed E-state index contributed by atoms with van der Waals surface area (Å²) in [6, 6.07) is 1.70. The molecule has 0 atom stereocenters. The average molecular weight is 325 g/mol. The lowest BCUT2D eigenvalue weighted by molar-refractivity contribution is 0.0636. The normalized spacial score (nSPS) is 16.3. The number of carboxylic acids is 1. The van der Waals surface area contributed by atoms with E-state index in [4.69, 9.17) is 4.74 Å². The summed E-state index contributed by atoms with van der Waals surface area (Å²) in [5, 5.41) is 12.3. The number of nitrogens with one attached hydrogen (secondary N) is 1. The van der Waals surface area contributed by atoms with Crippen LogP contribution >= 0.6 is 11.3 Å². The van der Waals surface area contributed by atoms with Crippen LogP contribution in [0, 0.1) is 0 Å². The third-order valence-electron chi connectivity index (χ3n) is 3.60. The minimum absolute atomic E-state index is 0.149. The van der Waals surface area contributed by atoms with E-state index in [0.717, 1.165) is 17.7 Å². The molecule has 1 aliphatic rings. The molecule has 2 rings (SSSR count). The van der Waals surface area contributed by atoms with E-state index < -0.39 is 17.7 Å². The second kappa shape index (κ2) is 6.69. The van der Waals surface area contributed by atoms with Crippen LogP contribution in [0.25, 0.3) is 0 Å². The van der Waals surface area contributed by atoms with E-state index in [-0.39, 0.29) is 5.56 Å². The molecule has 1 aromatic heterocycles. The van der Waals surface area contributed by atoms with E-state index in [9.17, 15) is 14.7 Å². The fourth-order valence-corrected chi connectivity index (χ4v) is 3.85. The molecule has 1 aliphatic carbocycles. The molecule has 0 saturated heterocycles. The summed E-state index contributed by atoms with van der Waals surface area (Å²) >= 11 is 1.36. The van der Waals surface area contributed by atoms with Gasteiger partial charge in [-0.2, -0.15) is 0 Å². The summed E-state index contributed by atoms with van der Waals surface area (Å²) < 4.78 is 5.19. The Labute approximate surface area is 134 Å². The molecule has 2 N–H and O–H groups in total. The molecule has 1 aromatic rings. The highest BCUT2D eigenvalue weighted by atomic mass is 32.1. The van der Waals surface area contributed by atoms with Crippen LogP contribution in [0.4, 0.5) is 9.80 Å². The second-order valence-electron chi connectivity index (χ2n) is 6.66. The van der Waals surface area contributed by atoms with E-state index in [1.807, 2.05) is 0 Å². The molecular formula is C16H23NO4S. The first-order chi connectivity index (χ1) is 10.3. The highest BCUT2D eigenvalue weighted by Gasteiger charge is 2.24. The fourth-order valence-electron chi connectivity index (χ4n) is 2.65. The Morgan fingerprint density at radius 3 is 2.45 bits per heavy atom. The maximum absolute atomic E-state index is 11.9. The number of hydrogen-bond donors (Lipinski definition) is 2. The Balaban J connectivity index is 2.16. The van der Waals surface area contributed by atoms with Crippen molar-refractivity contribution < 1.29 is 19.4 Å². The fraction of sp³-hybridized carbons (Fsp3) is 0.625. The summed E-state index contributed by atoms with van der Waals surface area (Å²) in [6.45, 7) is 5.31. The number of hydrogen-bond acceptors (Lipinski definition) is 4. The summed E-state index contributed by atoms with van der Waals surface area (Å²) in [6.07, 6.45) is 5.17. The quantitative estimate of drug-likeness (QED) is 0.833. The van der Waals surface area contributed by atoms with Crippen LogP contribution in [0.3, 0.4) is 0 Å². The standard InChI is InChI=1S/C16H23NO4S/c1-16(2,3)21-15(20)17-13-11(14(18)19)9-12(22-13)10-7-5-4-6-8-10/h9-10H,4-8H2,1-3H3,(H,17,20)(H,18,19). The van der Waals surface area contributed by atoms with Crippen LogP contribution in [0.2, 0.25) is 0 Å². The lowest BCUT2D eigenvalue weighted by Gasteiger charge is -2.20. The summed E-state index contributed by atoms with van der Waals surface area (Å²) in [5.74, 6) is -0.615. The largest absolute Gasteiger partial charge is 0.478 e. The molecule has 0 bridgehead atoms. The van der Waals surface area contributed by atoms with Crippen molar-refractivity contribution in [3.8, 4) is 0 Å². The van der Waals surface area contributed by atoms with E-state index in [1.54, 1.807) is 26.8 Å². The zero-order chi connectivity index (χ0) is 16.3. The van der Waals surface area contributed by atoms with Gasteiger partial charge < -0.3 is 9.84 Å². The lowest BCUT2D eigenvalue weighted by atomic mass is 9.88. The molecule has 5 nitrogen and oxygen atoms in total. The monoisotopic (exact) mass is 325 g/mol. The number of thiophene rings is 1. The molecule has 22 heavy (non-hydrogen) atoms. The summed E-state index contributed by atoms with van der Waals surface area (Å²) in [4.78, 5) is 24.3. The number of carbonyl (C=O) groups excluding carboxylic acids is 1. The van der Waals surface area contributed by atoms with Crippen molar-refractivity contribution in [2.45, 2.75) is 64.4 Å². The van der Waals surface area contributed by atoms with Crippen molar-refractivity contribution in [3.05, 3.63) is 16.5 Å². The highest BCUT2D eigenvalue weighted by Crippen LogP contribution is 2.40. The third-order valence-corrected chi connectivity index (χ3v) is 4.82. The minimum atomic E-state index is -1.02. The van der Waals surface area contributed by atoms with Crippen LogP contribution < -0.4 is 5.32 Å². The average Bonchev–Trinajstić information content (AvgIpc) is 2.81. The lowest BCUT2D eigenvalue weighted by Crippen LogP contribution is -2.27. The van der Waals surface area contributed by atoms with Gasteiger partial charge in [-0.05, 0) is 45.6 Å². The van der Waals surface area contributed by atoms with Crippen molar-refractivity contribution in [2.75, 3.05) is 5.32 Å². The number of amides is 1. The molecule has 1 fully saturated rings. The van der Waals surface area contributed by atoms with E-state index >= 15 is 0 Å². The number of carboxylic acid groups (broad SMARTS) is 1. The molecule has 0 aromatic carbocycles. The van der Waals surface area contributed by atoms with Gasteiger partial charge in [0.2, 0.25) is 0 Å². The Hall–Kier alpha value is -1.56. The topological polar surface area (TPSA) is 75.6 Å². The van der Waals surface area contributed by atoms with Crippen molar-refractivity contribution in [3.63, 3.8) is 0 Å². The van der Waals surface area contributed by atoms with Crippen molar-refractivity contribution in [2.24, 2.45) is 0 Å². The Bertz CT molecular complexity index is 553. The van der Waals surface area contributed by atoms with Crippen molar-refractivity contribution in [1.82, 2.24) is 0 Å². The van der Waals surface area contributed by atoms with Gasteiger partial charge in [0.25, 0.3) is 0 Å². The number of anilines is 1. The molecule has 0 unspecified atom stereocenters. The van der Waals surface area contributed by atoms with E-state index in [1.165, 1.54) is 30.6 Å². The molecular weight excluding hydrogens is 302 g/mol. The van der Waals surface area contributed by atoms with Crippen LogP contribution in [-0.4, -0.2) is 22.8 Å². The molecule has 1 saturated carbocycles. The molecule has 0 radical (unpaired) electrons. The minimum Gasteiger partial charge on any atom is -0.478 e. The predicted octanol–water partition coefficient (Wildman–Crippen LogP) is 4.84. The van der Waals surface area contributed by atoms with Gasteiger partial charge in [-0.15, -0.1) is 11.3 Å². The maximum atomic E-state index is 11.9. The van der Waals surface area contributed by atoms with Gasteiger partial charge in [0.15, 0.2) is 0 Å². The predicted molar refractivity (Wildman–Crippen MR) is 87.0 cm³/mol. The second-order valence-corrected chi connectivity index (χ2v) is 7.74. The maximum Gasteiger partial charge on any atom is 0.412 e. The number of aromatic carboxylic acids is 1. The van der Waals surface area contributed by atoms with Crippen molar-refractivity contribution in [1.29, 1.82) is 0 Å². The van der Waals surface area contributed by atoms with E-state index in [0.29, 0.717) is 10.9 Å². The summed E-state index contributed by atoms with van der Waals surface area (Å²) in [7, 11) is 0. The van der Waals surface area contributed by atoms with Gasteiger partial charge in [-0.1, -0.05) is 19.3 Å². The third kappa shape index (κ3) is 4.47. The van der Waals surface area contributed by atoms with Gasteiger partial charge in [0, 0.05) is 4.88 Å². The zero-order valence-electron chi connectivity index (χ0n) is 13.3. The van der Waals surface area contributed by atoms with Gasteiger partial charge in [-0.25, -0.2) is 9.59 Å². The molecule has 122 valence electrons. The SMILES string of the molecule is CC(C)(C)OC(=O)Nc1sc(C2CCCCC2)cc1C(=O)O. The van der Waals surface area contributed by atoms with Gasteiger partial charge in [-0.3, -0.25) is 5.32 Å². The first-order valence-corrected chi connectivity index (χ1v) is 8.45. The number of carbonyl (C=O) groups is 2. The molecule has 1 amide bonds. The molecule has 0 aliphatic heterocycles. The molecule has 6 heteroatoms. The Morgan fingerprint density at radius 2 is 1.91 bits per heavy atom. The molecule has 1 heterocycles. The summed E-state index contributed by atoms with van der Waals surface area (Å²) in [5.41, 5.74) is -0.465. The van der Waals surface area contributed by atoms with Crippen LogP contribution in [0.1, 0.15) is 74.0 Å². The Morgan fingerprint density at radius 1 is 1.27 bits per heavy atom. The zero-order valence-corrected chi connectivity index (χ0v) is 14.1. The van der Waals surface area contributed by atoms with Crippen molar-refractivity contribution >= 4 is 28.4 Å².